The van der Waals surface area contributed by atoms with E-state index < -0.39 is 28.3 Å². The van der Waals surface area contributed by atoms with Crippen LogP contribution in [-0.2, 0) is 18.1 Å². The number of nitrogens with zero attached hydrogens (tertiary/aromatic N) is 3. The number of hydrogen-bond donors (Lipinski definition) is 2. The molecule has 6 nitrogen and oxygen atoms in total. The first kappa shape index (κ1) is 21.4. The maximum Gasteiger partial charge on any atom is 0.416 e. The lowest BCUT2D eigenvalue weighted by Crippen LogP contribution is -2.33. The molecule has 3 rings (SSSR count). The molecule has 0 radical (unpaired) electrons. The van der Waals surface area contributed by atoms with Gasteiger partial charge in [0.25, 0.3) is 5.43 Å². The van der Waals surface area contributed by atoms with Crippen LogP contribution in [-0.4, -0.2) is 21.9 Å². The highest BCUT2D eigenvalue weighted by Gasteiger charge is 2.39. The topological polar surface area (TPSA) is 90.9 Å². The molecule has 0 bridgehead atoms. The fourth-order valence-corrected chi connectivity index (χ4v) is 4.00. The summed E-state index contributed by atoms with van der Waals surface area (Å²) in [4.78, 5) is 12.3. The number of hydrogen-bond acceptors (Lipinski definition) is 5. The lowest BCUT2D eigenvalue weighted by molar-refractivity contribution is -0.137. The Balaban J connectivity index is 2.15. The van der Waals surface area contributed by atoms with Crippen LogP contribution in [0.1, 0.15) is 48.2 Å². The molecule has 2 aromatic rings. The molecule has 0 aliphatic heterocycles. The highest BCUT2D eigenvalue weighted by atomic mass is 19.4. The lowest BCUT2D eigenvalue weighted by atomic mass is 9.78. The zero-order valence-electron chi connectivity index (χ0n) is 16.4. The van der Waals surface area contributed by atoms with Crippen molar-refractivity contribution in [3.05, 3.63) is 63.6 Å². The van der Waals surface area contributed by atoms with Gasteiger partial charge in [-0.25, -0.2) is 4.68 Å². The minimum absolute atomic E-state index is 0.0506. The predicted octanol–water partition coefficient (Wildman–Crippen LogP) is 3.54. The average Bonchev–Trinajstić information content (AvgIpc) is 3.19. The third-order valence-corrected chi connectivity index (χ3v) is 5.64. The molecular weight excluding hydrogens is 397 g/mol. The second-order valence-electron chi connectivity index (χ2n) is 7.44. The van der Waals surface area contributed by atoms with Crippen LogP contribution in [0.5, 0.6) is 5.75 Å². The number of aromatic nitrogens is 2. The molecule has 158 valence electrons. The van der Waals surface area contributed by atoms with Crippen LogP contribution >= 0.6 is 0 Å². The molecule has 0 atom stereocenters. The first-order valence-corrected chi connectivity index (χ1v) is 9.42. The summed E-state index contributed by atoms with van der Waals surface area (Å²) < 4.78 is 41.0. The molecule has 0 saturated heterocycles. The summed E-state index contributed by atoms with van der Waals surface area (Å²) in [6.45, 7) is 3.73. The van der Waals surface area contributed by atoms with Crippen LogP contribution < -0.4 is 10.7 Å². The van der Waals surface area contributed by atoms with Crippen LogP contribution in [0.25, 0.3) is 5.70 Å². The molecular formula is C21H21F3N4O2. The minimum atomic E-state index is -4.47. The molecule has 1 fully saturated rings. The van der Waals surface area contributed by atoms with Crippen molar-refractivity contribution in [2.24, 2.45) is 0 Å². The Morgan fingerprint density at radius 1 is 1.40 bits per heavy atom. The van der Waals surface area contributed by atoms with Gasteiger partial charge in [0.15, 0.2) is 11.4 Å². The molecule has 30 heavy (non-hydrogen) atoms. The van der Waals surface area contributed by atoms with Gasteiger partial charge in [0.2, 0.25) is 5.75 Å². The van der Waals surface area contributed by atoms with Crippen LogP contribution in [0.3, 0.4) is 0 Å². The summed E-state index contributed by atoms with van der Waals surface area (Å²) in [5.74, 6) is -0.754. The van der Waals surface area contributed by atoms with Crippen molar-refractivity contribution in [3.63, 3.8) is 0 Å². The van der Waals surface area contributed by atoms with Crippen molar-refractivity contribution in [2.45, 2.75) is 43.8 Å². The molecule has 0 unspecified atom stereocenters. The van der Waals surface area contributed by atoms with E-state index in [4.69, 9.17) is 0 Å². The maximum absolute atomic E-state index is 13.3. The molecule has 1 aromatic heterocycles. The number of nitrogens with one attached hydrogen (secondary N) is 1. The van der Waals surface area contributed by atoms with Crippen molar-refractivity contribution in [2.75, 3.05) is 7.05 Å². The van der Waals surface area contributed by atoms with E-state index >= 15 is 0 Å². The highest BCUT2D eigenvalue weighted by molar-refractivity contribution is 5.59. The Morgan fingerprint density at radius 2 is 2.07 bits per heavy atom. The van der Waals surface area contributed by atoms with Crippen molar-refractivity contribution in [1.82, 2.24) is 15.1 Å². The smallest absolute Gasteiger partial charge is 0.416 e. The SMILES string of the molecule is C=C(NC)c1nn(CC2(c3cccc(C(F)(F)F)c3)CCCC2)c(C#N)c(O)c1=O. The number of rotatable bonds is 5. The monoisotopic (exact) mass is 418 g/mol. The Morgan fingerprint density at radius 3 is 2.63 bits per heavy atom. The fourth-order valence-electron chi connectivity index (χ4n) is 4.00. The van der Waals surface area contributed by atoms with E-state index in [2.05, 4.69) is 17.0 Å². The largest absolute Gasteiger partial charge is 0.502 e. The molecule has 9 heteroatoms. The third-order valence-electron chi connectivity index (χ3n) is 5.64. The second kappa shape index (κ2) is 7.86. The summed E-state index contributed by atoms with van der Waals surface area (Å²) >= 11 is 0. The molecule has 1 heterocycles. The van der Waals surface area contributed by atoms with E-state index in [0.717, 1.165) is 25.0 Å². The first-order chi connectivity index (χ1) is 14.1. The van der Waals surface area contributed by atoms with Crippen LogP contribution in [0.2, 0.25) is 0 Å². The van der Waals surface area contributed by atoms with Gasteiger partial charge in [-0.1, -0.05) is 37.6 Å². The van der Waals surface area contributed by atoms with Gasteiger partial charge >= 0.3 is 6.18 Å². The van der Waals surface area contributed by atoms with E-state index in [0.29, 0.717) is 18.4 Å². The Kier molecular flexibility index (Phi) is 5.61. The van der Waals surface area contributed by atoms with Crippen molar-refractivity contribution >= 4 is 5.70 Å². The third kappa shape index (κ3) is 3.77. The summed E-state index contributed by atoms with van der Waals surface area (Å²) in [6, 6.07) is 6.95. The number of aromatic hydroxyl groups is 1. The van der Waals surface area contributed by atoms with Gasteiger partial charge in [-0.2, -0.15) is 23.5 Å². The molecule has 1 aliphatic rings. The van der Waals surface area contributed by atoms with Gasteiger partial charge in [-0.3, -0.25) is 4.79 Å². The Hall–Kier alpha value is -3.28. The van der Waals surface area contributed by atoms with E-state index in [9.17, 15) is 28.3 Å². The van der Waals surface area contributed by atoms with Gasteiger partial charge < -0.3 is 10.4 Å². The summed E-state index contributed by atoms with van der Waals surface area (Å²) in [5.41, 5.74) is -2.11. The number of nitriles is 1. The zero-order valence-corrected chi connectivity index (χ0v) is 16.4. The molecule has 2 N–H and O–H groups in total. The second-order valence-corrected chi connectivity index (χ2v) is 7.44. The first-order valence-electron chi connectivity index (χ1n) is 9.42. The van der Waals surface area contributed by atoms with Crippen molar-refractivity contribution in [3.8, 4) is 11.8 Å². The summed E-state index contributed by atoms with van der Waals surface area (Å²) in [7, 11) is 1.53. The fraction of sp³-hybridized carbons (Fsp3) is 0.381. The molecule has 0 amide bonds. The van der Waals surface area contributed by atoms with Crippen LogP contribution in [0.15, 0.2) is 35.6 Å². The van der Waals surface area contributed by atoms with Gasteiger partial charge in [0, 0.05) is 12.5 Å². The maximum atomic E-state index is 13.3. The highest BCUT2D eigenvalue weighted by Crippen LogP contribution is 2.44. The summed E-state index contributed by atoms with van der Waals surface area (Å²) in [5, 5.41) is 26.7. The Bertz CT molecular complexity index is 1080. The normalized spacial score (nSPS) is 15.6. The van der Waals surface area contributed by atoms with E-state index in [1.165, 1.54) is 17.8 Å². The Labute approximate surface area is 171 Å². The summed E-state index contributed by atoms with van der Waals surface area (Å²) in [6.07, 6.45) is -1.67. The number of benzene rings is 1. The van der Waals surface area contributed by atoms with Gasteiger partial charge in [-0.05, 0) is 24.5 Å². The number of alkyl halides is 3. The van der Waals surface area contributed by atoms with Crippen LogP contribution in [0.4, 0.5) is 13.2 Å². The molecule has 1 saturated carbocycles. The van der Waals surface area contributed by atoms with E-state index in [1.54, 1.807) is 12.1 Å². The predicted molar refractivity (Wildman–Crippen MR) is 105 cm³/mol. The zero-order chi connectivity index (χ0) is 22.1. The van der Waals surface area contributed by atoms with Gasteiger partial charge in [0.05, 0.1) is 17.8 Å². The van der Waals surface area contributed by atoms with Crippen molar-refractivity contribution < 1.29 is 18.3 Å². The van der Waals surface area contributed by atoms with E-state index in [-0.39, 0.29) is 23.6 Å². The molecule has 1 aliphatic carbocycles. The minimum Gasteiger partial charge on any atom is -0.502 e. The van der Waals surface area contributed by atoms with Crippen molar-refractivity contribution in [1.29, 1.82) is 5.26 Å². The average molecular weight is 418 g/mol. The molecule has 1 aromatic carbocycles. The van der Waals surface area contributed by atoms with Crippen LogP contribution in [0, 0.1) is 11.3 Å². The molecule has 0 spiro atoms. The van der Waals surface area contributed by atoms with Gasteiger partial charge in [0.1, 0.15) is 6.07 Å². The standard InChI is InChI=1S/C21H21F3N4O2/c1-13(26-2)17-19(30)18(29)16(11-25)28(27-17)12-20(8-3-4-9-20)14-6-5-7-15(10-14)21(22,23)24/h5-7,10,26,29H,1,3-4,8-9,12H2,2H3. The number of halogens is 3. The van der Waals surface area contributed by atoms with Gasteiger partial charge in [-0.15, -0.1) is 0 Å². The lowest BCUT2D eigenvalue weighted by Gasteiger charge is -2.31. The van der Waals surface area contributed by atoms with E-state index in [1.807, 2.05) is 0 Å². The quantitative estimate of drug-likeness (QED) is 0.775.